The van der Waals surface area contributed by atoms with E-state index < -0.39 is 6.10 Å². The van der Waals surface area contributed by atoms with Gasteiger partial charge in [0.25, 0.3) is 0 Å². The molecule has 0 saturated heterocycles. The minimum atomic E-state index is -0.500. The Morgan fingerprint density at radius 1 is 0.759 bits per heavy atom. The zero-order chi connectivity index (χ0) is 20.5. The molecule has 0 radical (unpaired) electrons. The summed E-state index contributed by atoms with van der Waals surface area (Å²) in [6.45, 7) is 7.53. The van der Waals surface area contributed by atoms with E-state index in [1.54, 1.807) is 0 Å². The van der Waals surface area contributed by atoms with Gasteiger partial charge in [0.15, 0.2) is 0 Å². The first kappa shape index (κ1) is 21.0. The molecule has 0 aliphatic carbocycles. The van der Waals surface area contributed by atoms with Crippen molar-refractivity contribution in [3.63, 3.8) is 0 Å². The molecule has 0 bridgehead atoms. The van der Waals surface area contributed by atoms with E-state index in [1.165, 1.54) is 16.7 Å². The van der Waals surface area contributed by atoms with Crippen LogP contribution in [0.3, 0.4) is 0 Å². The lowest BCUT2D eigenvalue weighted by atomic mass is 9.91. The number of hydrogen-bond donors (Lipinski definition) is 1. The monoisotopic (exact) mass is 385 g/mol. The lowest BCUT2D eigenvalue weighted by Crippen LogP contribution is -2.46. The summed E-state index contributed by atoms with van der Waals surface area (Å²) in [7, 11) is 0. The van der Waals surface area contributed by atoms with Gasteiger partial charge in [-0.2, -0.15) is 0 Å². The molecule has 3 aromatic rings. The molecular formula is C27H31NO. The lowest BCUT2D eigenvalue weighted by Gasteiger charge is -2.37. The normalized spacial score (nSPS) is 14.3. The molecule has 0 amide bonds. The minimum Gasteiger partial charge on any atom is -0.391 e. The summed E-state index contributed by atoms with van der Waals surface area (Å²) in [4.78, 5) is 2.41. The van der Waals surface area contributed by atoms with E-state index in [4.69, 9.17) is 0 Å². The molecule has 0 unspecified atom stereocenters. The van der Waals surface area contributed by atoms with Crippen molar-refractivity contribution in [1.29, 1.82) is 0 Å². The van der Waals surface area contributed by atoms with Gasteiger partial charge in [0.05, 0.1) is 6.10 Å². The first-order valence-electron chi connectivity index (χ1n) is 10.3. The van der Waals surface area contributed by atoms with Crippen LogP contribution in [-0.2, 0) is 19.5 Å². The second kappa shape index (κ2) is 10.8. The van der Waals surface area contributed by atoms with Crippen molar-refractivity contribution in [1.82, 2.24) is 4.90 Å². The van der Waals surface area contributed by atoms with Crippen molar-refractivity contribution in [2.45, 2.75) is 38.6 Å². The summed E-state index contributed by atoms with van der Waals surface area (Å²) >= 11 is 0. The standard InChI is InChI=1S/C27H31NO/c1-3-22(2)27(29)26(19-23-13-7-4-8-14-23)28(20-24-15-9-5-10-16-24)21-25-17-11-6-12-18-25/h3-18,22,26-27,29H,1,19-21H2,2H3/t22-,26-,27-/m0/s1. The molecule has 29 heavy (non-hydrogen) atoms. The summed E-state index contributed by atoms with van der Waals surface area (Å²) < 4.78 is 0. The Kier molecular flexibility index (Phi) is 7.80. The summed E-state index contributed by atoms with van der Waals surface area (Å²) in [6.07, 6.45) is 2.14. The molecule has 0 heterocycles. The Hall–Kier alpha value is -2.68. The van der Waals surface area contributed by atoms with E-state index in [0.29, 0.717) is 0 Å². The molecule has 0 aliphatic heterocycles. The van der Waals surface area contributed by atoms with E-state index in [-0.39, 0.29) is 12.0 Å². The zero-order valence-corrected chi connectivity index (χ0v) is 17.2. The lowest BCUT2D eigenvalue weighted by molar-refractivity contribution is 0.0183. The molecule has 3 rings (SSSR count). The quantitative estimate of drug-likeness (QED) is 0.467. The first-order valence-corrected chi connectivity index (χ1v) is 10.3. The number of hydrogen-bond acceptors (Lipinski definition) is 2. The molecule has 2 heteroatoms. The predicted octanol–water partition coefficient (Wildman–Crippen LogP) is 5.48. The number of aliphatic hydroxyl groups excluding tert-OH is 1. The summed E-state index contributed by atoms with van der Waals surface area (Å²) in [6, 6.07) is 31.4. The summed E-state index contributed by atoms with van der Waals surface area (Å²) in [5, 5.41) is 11.3. The third-order valence-electron chi connectivity index (χ3n) is 5.52. The zero-order valence-electron chi connectivity index (χ0n) is 17.2. The summed E-state index contributed by atoms with van der Waals surface area (Å²) in [5.41, 5.74) is 3.74. The fourth-order valence-corrected chi connectivity index (χ4v) is 3.74. The maximum atomic E-state index is 11.3. The van der Waals surface area contributed by atoms with Crippen LogP contribution in [0.4, 0.5) is 0 Å². The van der Waals surface area contributed by atoms with Crippen molar-refractivity contribution in [3.8, 4) is 0 Å². The molecule has 2 nitrogen and oxygen atoms in total. The number of benzene rings is 3. The molecule has 0 spiro atoms. The molecule has 0 aliphatic rings. The molecule has 150 valence electrons. The van der Waals surface area contributed by atoms with Crippen LogP contribution in [-0.4, -0.2) is 22.2 Å². The van der Waals surface area contributed by atoms with Crippen molar-refractivity contribution in [3.05, 3.63) is 120 Å². The molecule has 3 atom stereocenters. The number of rotatable bonds is 10. The third-order valence-corrected chi connectivity index (χ3v) is 5.52. The highest BCUT2D eigenvalue weighted by Gasteiger charge is 2.29. The van der Waals surface area contributed by atoms with Gasteiger partial charge in [0.1, 0.15) is 0 Å². The van der Waals surface area contributed by atoms with Crippen LogP contribution in [0.25, 0.3) is 0 Å². The molecule has 1 N–H and O–H groups in total. The first-order chi connectivity index (χ1) is 14.2. The van der Waals surface area contributed by atoms with Crippen molar-refractivity contribution < 1.29 is 5.11 Å². The Morgan fingerprint density at radius 3 is 1.59 bits per heavy atom. The second-order valence-corrected chi connectivity index (χ2v) is 7.72. The average molecular weight is 386 g/mol. The fraction of sp³-hybridized carbons (Fsp3) is 0.259. The van der Waals surface area contributed by atoms with Gasteiger partial charge < -0.3 is 5.11 Å². The molecular weight excluding hydrogens is 354 g/mol. The van der Waals surface area contributed by atoms with Gasteiger partial charge in [-0.25, -0.2) is 0 Å². The van der Waals surface area contributed by atoms with Crippen LogP contribution in [0.5, 0.6) is 0 Å². The van der Waals surface area contributed by atoms with Crippen LogP contribution < -0.4 is 0 Å². The number of nitrogens with zero attached hydrogens (tertiary/aromatic N) is 1. The van der Waals surface area contributed by atoms with Crippen LogP contribution in [0.15, 0.2) is 104 Å². The fourth-order valence-electron chi connectivity index (χ4n) is 3.74. The van der Waals surface area contributed by atoms with Gasteiger partial charge in [-0.1, -0.05) is 104 Å². The highest BCUT2D eigenvalue weighted by molar-refractivity contribution is 5.20. The van der Waals surface area contributed by atoms with Crippen LogP contribution in [0, 0.1) is 5.92 Å². The Bertz CT molecular complexity index is 806. The van der Waals surface area contributed by atoms with Crippen molar-refractivity contribution >= 4 is 0 Å². The van der Waals surface area contributed by atoms with E-state index in [1.807, 2.05) is 31.2 Å². The Labute approximate surface area is 175 Å². The van der Waals surface area contributed by atoms with Crippen LogP contribution >= 0.6 is 0 Å². The maximum absolute atomic E-state index is 11.3. The van der Waals surface area contributed by atoms with E-state index in [0.717, 1.165) is 19.5 Å². The van der Waals surface area contributed by atoms with Crippen LogP contribution in [0.2, 0.25) is 0 Å². The van der Waals surface area contributed by atoms with Gasteiger partial charge >= 0.3 is 0 Å². The van der Waals surface area contributed by atoms with E-state index in [9.17, 15) is 5.11 Å². The Morgan fingerprint density at radius 2 is 1.17 bits per heavy atom. The topological polar surface area (TPSA) is 23.5 Å². The highest BCUT2D eigenvalue weighted by Crippen LogP contribution is 2.23. The van der Waals surface area contributed by atoms with Crippen molar-refractivity contribution in [2.75, 3.05) is 0 Å². The summed E-state index contributed by atoms with van der Waals surface area (Å²) in [5.74, 6) is 0.0118. The van der Waals surface area contributed by atoms with Gasteiger partial charge in [-0.3, -0.25) is 4.90 Å². The smallest absolute Gasteiger partial charge is 0.0758 e. The third kappa shape index (κ3) is 6.15. The predicted molar refractivity (Wildman–Crippen MR) is 121 cm³/mol. The van der Waals surface area contributed by atoms with Gasteiger partial charge in [-0.15, -0.1) is 6.58 Å². The second-order valence-electron chi connectivity index (χ2n) is 7.72. The van der Waals surface area contributed by atoms with Gasteiger partial charge in [0.2, 0.25) is 0 Å². The SMILES string of the molecule is C=C[C@H](C)[C@H](O)[C@H](Cc1ccccc1)N(Cc1ccccc1)Cc1ccccc1. The number of aliphatic hydroxyl groups is 1. The van der Waals surface area contributed by atoms with Crippen molar-refractivity contribution in [2.24, 2.45) is 5.92 Å². The van der Waals surface area contributed by atoms with E-state index in [2.05, 4.69) is 84.3 Å². The molecule has 0 aromatic heterocycles. The molecule has 3 aromatic carbocycles. The maximum Gasteiger partial charge on any atom is 0.0758 e. The molecule has 0 fully saturated rings. The minimum absolute atomic E-state index is 0.0118. The van der Waals surface area contributed by atoms with Crippen LogP contribution in [0.1, 0.15) is 23.6 Å². The average Bonchev–Trinajstić information content (AvgIpc) is 2.78. The Balaban J connectivity index is 1.93. The molecule has 0 saturated carbocycles. The largest absolute Gasteiger partial charge is 0.391 e. The van der Waals surface area contributed by atoms with Gasteiger partial charge in [0, 0.05) is 25.0 Å². The van der Waals surface area contributed by atoms with E-state index >= 15 is 0 Å². The highest BCUT2D eigenvalue weighted by atomic mass is 16.3. The van der Waals surface area contributed by atoms with Gasteiger partial charge in [-0.05, 0) is 23.1 Å².